The summed E-state index contributed by atoms with van der Waals surface area (Å²) in [6, 6.07) is 7.06. The fourth-order valence-electron chi connectivity index (χ4n) is 0.808. The van der Waals surface area contributed by atoms with Gasteiger partial charge in [-0.25, -0.2) is 0 Å². The molecule has 0 bridgehead atoms. The van der Waals surface area contributed by atoms with Crippen molar-refractivity contribution in [1.82, 2.24) is 0 Å². The van der Waals surface area contributed by atoms with E-state index in [1.165, 1.54) is 0 Å². The van der Waals surface area contributed by atoms with Crippen LogP contribution in [0.3, 0.4) is 0 Å². The van der Waals surface area contributed by atoms with Crippen LogP contribution in [0.5, 0.6) is 5.75 Å². The van der Waals surface area contributed by atoms with E-state index in [0.717, 1.165) is 5.56 Å². The van der Waals surface area contributed by atoms with E-state index in [1.54, 1.807) is 24.3 Å². The highest BCUT2D eigenvalue weighted by atomic mass is 16.3. The minimum atomic E-state index is 0.288. The standard InChI is InChI=1S/C10H10O/c1-2-3-5-9-6-4-7-10(11)8-9/h2-8,11H,1H2/b5-3+. The van der Waals surface area contributed by atoms with E-state index >= 15 is 0 Å². The summed E-state index contributed by atoms with van der Waals surface area (Å²) in [5, 5.41) is 9.05. The molecule has 0 saturated carbocycles. The SMILES string of the molecule is C=C/C=C/c1cccc(O)c1. The zero-order valence-electron chi connectivity index (χ0n) is 6.20. The van der Waals surface area contributed by atoms with Gasteiger partial charge in [-0.15, -0.1) is 0 Å². The van der Waals surface area contributed by atoms with Gasteiger partial charge in [0.05, 0.1) is 0 Å². The quantitative estimate of drug-likeness (QED) is 0.636. The summed E-state index contributed by atoms with van der Waals surface area (Å²) in [7, 11) is 0. The monoisotopic (exact) mass is 146 g/mol. The minimum absolute atomic E-state index is 0.288. The molecule has 0 amide bonds. The Bertz CT molecular complexity index is 274. The molecule has 1 heteroatoms. The van der Waals surface area contributed by atoms with Crippen LogP contribution in [0.25, 0.3) is 6.08 Å². The molecule has 56 valence electrons. The molecule has 0 aromatic heterocycles. The van der Waals surface area contributed by atoms with Gasteiger partial charge in [0.1, 0.15) is 5.75 Å². The highest BCUT2D eigenvalue weighted by Gasteiger charge is 1.86. The van der Waals surface area contributed by atoms with E-state index in [9.17, 15) is 0 Å². The number of aromatic hydroxyl groups is 1. The molecule has 0 fully saturated rings. The maximum Gasteiger partial charge on any atom is 0.116 e. The number of phenols is 1. The van der Waals surface area contributed by atoms with E-state index in [2.05, 4.69) is 6.58 Å². The summed E-state index contributed by atoms with van der Waals surface area (Å²) < 4.78 is 0. The van der Waals surface area contributed by atoms with Gasteiger partial charge in [0, 0.05) is 0 Å². The molecule has 0 saturated heterocycles. The number of benzene rings is 1. The molecule has 1 nitrogen and oxygen atoms in total. The number of phenolic OH excluding ortho intramolecular Hbond substituents is 1. The third-order valence-corrected chi connectivity index (χ3v) is 1.29. The van der Waals surface area contributed by atoms with Crippen LogP contribution in [0.1, 0.15) is 5.56 Å². The largest absolute Gasteiger partial charge is 0.508 e. The lowest BCUT2D eigenvalue weighted by atomic mass is 10.2. The van der Waals surface area contributed by atoms with Crippen molar-refractivity contribution in [1.29, 1.82) is 0 Å². The molecule has 1 aromatic rings. The van der Waals surface area contributed by atoms with Crippen LogP contribution >= 0.6 is 0 Å². The van der Waals surface area contributed by atoms with Crippen LogP contribution < -0.4 is 0 Å². The molecule has 1 rings (SSSR count). The van der Waals surface area contributed by atoms with Crippen molar-refractivity contribution in [2.24, 2.45) is 0 Å². The zero-order valence-corrected chi connectivity index (χ0v) is 6.20. The van der Waals surface area contributed by atoms with Gasteiger partial charge < -0.3 is 5.11 Å². The Balaban J connectivity index is 2.87. The number of hydrogen-bond donors (Lipinski definition) is 1. The predicted molar refractivity (Wildman–Crippen MR) is 47.3 cm³/mol. The van der Waals surface area contributed by atoms with E-state index in [0.29, 0.717) is 0 Å². The first kappa shape index (κ1) is 7.61. The van der Waals surface area contributed by atoms with Gasteiger partial charge in [0.2, 0.25) is 0 Å². The Morgan fingerprint density at radius 3 is 2.82 bits per heavy atom. The lowest BCUT2D eigenvalue weighted by molar-refractivity contribution is 0.475. The molecule has 0 unspecified atom stereocenters. The van der Waals surface area contributed by atoms with E-state index in [-0.39, 0.29) is 5.75 Å². The average Bonchev–Trinajstić information content (AvgIpc) is 2.01. The second-order valence-electron chi connectivity index (χ2n) is 2.19. The first-order chi connectivity index (χ1) is 5.33. The predicted octanol–water partition coefficient (Wildman–Crippen LogP) is 2.59. The Morgan fingerprint density at radius 1 is 1.36 bits per heavy atom. The van der Waals surface area contributed by atoms with Crippen molar-refractivity contribution in [3.05, 3.63) is 48.6 Å². The van der Waals surface area contributed by atoms with Crippen LogP contribution in [0.15, 0.2) is 43.0 Å². The normalized spacial score (nSPS) is 10.2. The Morgan fingerprint density at radius 2 is 2.18 bits per heavy atom. The van der Waals surface area contributed by atoms with Crippen molar-refractivity contribution < 1.29 is 5.11 Å². The van der Waals surface area contributed by atoms with Crippen molar-refractivity contribution in [3.63, 3.8) is 0 Å². The van der Waals surface area contributed by atoms with E-state index in [4.69, 9.17) is 5.11 Å². The van der Waals surface area contributed by atoms with Crippen molar-refractivity contribution in [3.8, 4) is 5.75 Å². The van der Waals surface area contributed by atoms with Gasteiger partial charge in [-0.05, 0) is 17.7 Å². The maximum absolute atomic E-state index is 9.05. The van der Waals surface area contributed by atoms with Crippen molar-refractivity contribution >= 4 is 6.08 Å². The fraction of sp³-hybridized carbons (Fsp3) is 0. The van der Waals surface area contributed by atoms with Crippen LogP contribution in [0.2, 0.25) is 0 Å². The van der Waals surface area contributed by atoms with Gasteiger partial charge >= 0.3 is 0 Å². The Hall–Kier alpha value is -1.50. The van der Waals surface area contributed by atoms with Crippen LogP contribution in [0.4, 0.5) is 0 Å². The van der Waals surface area contributed by atoms with Crippen LogP contribution in [-0.4, -0.2) is 5.11 Å². The second kappa shape index (κ2) is 3.62. The van der Waals surface area contributed by atoms with Crippen molar-refractivity contribution in [2.75, 3.05) is 0 Å². The lowest BCUT2D eigenvalue weighted by Gasteiger charge is -1.92. The molecule has 0 heterocycles. The molecule has 1 N–H and O–H groups in total. The molecular formula is C10H10O. The number of hydrogen-bond acceptors (Lipinski definition) is 1. The van der Waals surface area contributed by atoms with Gasteiger partial charge in [-0.3, -0.25) is 0 Å². The van der Waals surface area contributed by atoms with Crippen LogP contribution in [-0.2, 0) is 0 Å². The Kier molecular flexibility index (Phi) is 2.50. The van der Waals surface area contributed by atoms with E-state index < -0.39 is 0 Å². The van der Waals surface area contributed by atoms with Gasteiger partial charge in [0.15, 0.2) is 0 Å². The summed E-state index contributed by atoms with van der Waals surface area (Å²) in [6.45, 7) is 3.55. The maximum atomic E-state index is 9.05. The molecule has 0 aliphatic rings. The van der Waals surface area contributed by atoms with E-state index in [1.807, 2.05) is 18.2 Å². The lowest BCUT2D eigenvalue weighted by Crippen LogP contribution is -1.69. The van der Waals surface area contributed by atoms with Gasteiger partial charge in [0.25, 0.3) is 0 Å². The number of rotatable bonds is 2. The first-order valence-electron chi connectivity index (χ1n) is 3.41. The second-order valence-corrected chi connectivity index (χ2v) is 2.19. The highest BCUT2D eigenvalue weighted by Crippen LogP contribution is 2.11. The average molecular weight is 146 g/mol. The molecular weight excluding hydrogens is 136 g/mol. The highest BCUT2D eigenvalue weighted by molar-refractivity contribution is 5.52. The molecule has 1 aromatic carbocycles. The smallest absolute Gasteiger partial charge is 0.116 e. The molecule has 11 heavy (non-hydrogen) atoms. The summed E-state index contributed by atoms with van der Waals surface area (Å²) in [5.41, 5.74) is 0.977. The summed E-state index contributed by atoms with van der Waals surface area (Å²) in [4.78, 5) is 0. The summed E-state index contributed by atoms with van der Waals surface area (Å²) >= 11 is 0. The molecule has 0 radical (unpaired) electrons. The van der Waals surface area contributed by atoms with Gasteiger partial charge in [-0.2, -0.15) is 0 Å². The fourth-order valence-corrected chi connectivity index (χ4v) is 0.808. The molecule has 0 spiro atoms. The zero-order chi connectivity index (χ0) is 8.10. The Labute approximate surface area is 66.3 Å². The van der Waals surface area contributed by atoms with Crippen molar-refractivity contribution in [2.45, 2.75) is 0 Å². The first-order valence-corrected chi connectivity index (χ1v) is 3.41. The third kappa shape index (κ3) is 2.30. The summed E-state index contributed by atoms with van der Waals surface area (Å²) in [5.74, 6) is 0.288. The third-order valence-electron chi connectivity index (χ3n) is 1.29. The summed E-state index contributed by atoms with van der Waals surface area (Å²) in [6.07, 6.45) is 5.41. The molecule has 0 atom stereocenters. The van der Waals surface area contributed by atoms with Crippen LogP contribution in [0, 0.1) is 0 Å². The topological polar surface area (TPSA) is 20.2 Å². The molecule has 0 aliphatic carbocycles. The molecule has 0 aliphatic heterocycles. The van der Waals surface area contributed by atoms with Gasteiger partial charge in [-0.1, -0.05) is 36.9 Å². The minimum Gasteiger partial charge on any atom is -0.508 e. The number of allylic oxidation sites excluding steroid dienone is 2.